The maximum atomic E-state index is 12.3. The van der Waals surface area contributed by atoms with Crippen molar-refractivity contribution in [2.45, 2.75) is 57.5 Å². The number of piperidine rings is 1. The molecule has 3 aliphatic rings. The molecule has 1 heterocycles. The highest BCUT2D eigenvalue weighted by atomic mass is 16.3. The summed E-state index contributed by atoms with van der Waals surface area (Å²) in [4.78, 5) is 25.9. The van der Waals surface area contributed by atoms with Crippen molar-refractivity contribution in [1.29, 1.82) is 0 Å². The van der Waals surface area contributed by atoms with Crippen molar-refractivity contribution in [2.75, 3.05) is 6.54 Å². The van der Waals surface area contributed by atoms with Crippen molar-refractivity contribution < 1.29 is 14.7 Å². The van der Waals surface area contributed by atoms with Gasteiger partial charge in [-0.15, -0.1) is 0 Å². The Morgan fingerprint density at radius 1 is 1.21 bits per heavy atom. The minimum Gasteiger partial charge on any atom is -0.388 e. The molecule has 1 saturated heterocycles. The second-order valence-corrected chi connectivity index (χ2v) is 6.90. The standard InChI is InChI=1S/C15H23NO3/c1-10-3-2-6-15(19,8-10)9-16-13(17)11-4-5-12(7-11)14(16)18/h10-12,19H,2-9H2,1H3. The van der Waals surface area contributed by atoms with Crippen LogP contribution in [0.15, 0.2) is 0 Å². The molecule has 0 aromatic carbocycles. The molecule has 0 radical (unpaired) electrons. The maximum Gasteiger partial charge on any atom is 0.232 e. The third-order valence-electron chi connectivity index (χ3n) is 5.18. The van der Waals surface area contributed by atoms with Crippen molar-refractivity contribution in [3.63, 3.8) is 0 Å². The summed E-state index contributed by atoms with van der Waals surface area (Å²) in [5.41, 5.74) is -0.847. The first kappa shape index (κ1) is 13.1. The van der Waals surface area contributed by atoms with Gasteiger partial charge in [-0.2, -0.15) is 0 Å². The van der Waals surface area contributed by atoms with Crippen molar-refractivity contribution >= 4 is 11.8 Å². The zero-order valence-electron chi connectivity index (χ0n) is 11.6. The molecule has 3 rings (SSSR count). The number of hydrogen-bond donors (Lipinski definition) is 1. The van der Waals surface area contributed by atoms with Gasteiger partial charge in [0.1, 0.15) is 0 Å². The Balaban J connectivity index is 1.75. The quantitative estimate of drug-likeness (QED) is 0.773. The topological polar surface area (TPSA) is 57.6 Å². The lowest BCUT2D eigenvalue weighted by atomic mass is 9.78. The van der Waals surface area contributed by atoms with Crippen LogP contribution >= 0.6 is 0 Å². The highest BCUT2D eigenvalue weighted by Crippen LogP contribution is 2.40. The Morgan fingerprint density at radius 3 is 2.42 bits per heavy atom. The van der Waals surface area contributed by atoms with Gasteiger partial charge in [0.05, 0.1) is 12.1 Å². The van der Waals surface area contributed by atoms with Crippen LogP contribution in [-0.2, 0) is 9.59 Å². The second-order valence-electron chi connectivity index (χ2n) is 6.90. The first-order valence-electron chi connectivity index (χ1n) is 7.56. The van der Waals surface area contributed by atoms with E-state index in [1.54, 1.807) is 0 Å². The largest absolute Gasteiger partial charge is 0.388 e. The Labute approximate surface area is 114 Å². The predicted octanol–water partition coefficient (Wildman–Crippen LogP) is 1.71. The molecule has 1 aliphatic heterocycles. The average molecular weight is 265 g/mol. The first-order chi connectivity index (χ1) is 8.98. The molecule has 2 aliphatic carbocycles. The third-order valence-corrected chi connectivity index (χ3v) is 5.18. The third kappa shape index (κ3) is 2.31. The maximum absolute atomic E-state index is 12.3. The SMILES string of the molecule is CC1CCCC(O)(CN2C(=O)C3CCC(C3)C2=O)C1. The summed E-state index contributed by atoms with van der Waals surface area (Å²) in [5, 5.41) is 10.7. The van der Waals surface area contributed by atoms with Crippen LogP contribution in [0, 0.1) is 17.8 Å². The summed E-state index contributed by atoms with van der Waals surface area (Å²) < 4.78 is 0. The molecule has 4 nitrogen and oxygen atoms in total. The summed E-state index contributed by atoms with van der Waals surface area (Å²) in [6, 6.07) is 0. The number of carbonyl (C=O) groups excluding carboxylic acids is 2. The number of hydrogen-bond acceptors (Lipinski definition) is 3. The molecule has 4 atom stereocenters. The van der Waals surface area contributed by atoms with Gasteiger partial charge in [0.15, 0.2) is 0 Å². The van der Waals surface area contributed by atoms with E-state index in [2.05, 4.69) is 6.92 Å². The highest BCUT2D eigenvalue weighted by Gasteiger charge is 2.48. The van der Waals surface area contributed by atoms with E-state index in [9.17, 15) is 14.7 Å². The monoisotopic (exact) mass is 265 g/mol. The van der Waals surface area contributed by atoms with Gasteiger partial charge >= 0.3 is 0 Å². The number of nitrogens with zero attached hydrogens (tertiary/aromatic N) is 1. The van der Waals surface area contributed by atoms with E-state index in [0.29, 0.717) is 18.8 Å². The van der Waals surface area contributed by atoms with E-state index in [0.717, 1.165) is 32.1 Å². The molecule has 2 amide bonds. The van der Waals surface area contributed by atoms with E-state index in [4.69, 9.17) is 0 Å². The zero-order valence-corrected chi connectivity index (χ0v) is 11.6. The minimum absolute atomic E-state index is 0.0346. The van der Waals surface area contributed by atoms with Crippen LogP contribution in [0.5, 0.6) is 0 Å². The Morgan fingerprint density at radius 2 is 1.84 bits per heavy atom. The lowest BCUT2D eigenvalue weighted by molar-refractivity contribution is -0.158. The van der Waals surface area contributed by atoms with E-state index in [1.165, 1.54) is 4.90 Å². The molecule has 4 heteroatoms. The normalized spacial score (nSPS) is 42.8. The van der Waals surface area contributed by atoms with Gasteiger partial charge in [0, 0.05) is 11.8 Å². The van der Waals surface area contributed by atoms with Gasteiger partial charge in [-0.25, -0.2) is 0 Å². The van der Waals surface area contributed by atoms with E-state index >= 15 is 0 Å². The molecule has 3 fully saturated rings. The van der Waals surface area contributed by atoms with Gasteiger partial charge in [-0.05, 0) is 38.0 Å². The van der Waals surface area contributed by atoms with Crippen molar-refractivity contribution in [3.8, 4) is 0 Å². The number of likely N-dealkylation sites (tertiary alicyclic amines) is 1. The van der Waals surface area contributed by atoms with Crippen LogP contribution < -0.4 is 0 Å². The summed E-state index contributed by atoms with van der Waals surface area (Å²) in [6.45, 7) is 2.36. The predicted molar refractivity (Wildman–Crippen MR) is 70.1 cm³/mol. The van der Waals surface area contributed by atoms with Gasteiger partial charge < -0.3 is 5.11 Å². The molecule has 106 valence electrons. The summed E-state index contributed by atoms with van der Waals surface area (Å²) in [7, 11) is 0. The number of carbonyl (C=O) groups is 2. The molecule has 2 bridgehead atoms. The lowest BCUT2D eigenvalue weighted by Gasteiger charge is -2.40. The molecular formula is C15H23NO3. The fourth-order valence-electron chi connectivity index (χ4n) is 4.21. The molecular weight excluding hydrogens is 242 g/mol. The van der Waals surface area contributed by atoms with E-state index in [-0.39, 0.29) is 30.2 Å². The van der Waals surface area contributed by atoms with Gasteiger partial charge in [0.25, 0.3) is 0 Å². The fourth-order valence-corrected chi connectivity index (χ4v) is 4.21. The average Bonchev–Trinajstić information content (AvgIpc) is 2.79. The molecule has 2 saturated carbocycles. The van der Waals surface area contributed by atoms with Crippen molar-refractivity contribution in [1.82, 2.24) is 4.90 Å². The zero-order chi connectivity index (χ0) is 13.6. The summed E-state index contributed by atoms with van der Waals surface area (Å²) in [5.74, 6) is 0.473. The van der Waals surface area contributed by atoms with Crippen LogP contribution in [0.1, 0.15) is 51.9 Å². The fraction of sp³-hybridized carbons (Fsp3) is 0.867. The molecule has 0 aromatic rings. The second kappa shape index (κ2) is 4.58. The van der Waals surface area contributed by atoms with Crippen LogP contribution in [0.2, 0.25) is 0 Å². The minimum atomic E-state index is -0.847. The van der Waals surface area contributed by atoms with Crippen molar-refractivity contribution in [3.05, 3.63) is 0 Å². The molecule has 4 unspecified atom stereocenters. The number of imide groups is 1. The molecule has 0 aromatic heterocycles. The Kier molecular flexibility index (Phi) is 3.16. The highest BCUT2D eigenvalue weighted by molar-refractivity contribution is 6.00. The lowest BCUT2D eigenvalue weighted by Crippen LogP contribution is -2.54. The summed E-state index contributed by atoms with van der Waals surface area (Å²) in [6.07, 6.45) is 5.98. The molecule has 19 heavy (non-hydrogen) atoms. The summed E-state index contributed by atoms with van der Waals surface area (Å²) >= 11 is 0. The van der Waals surface area contributed by atoms with Gasteiger partial charge in [-0.3, -0.25) is 14.5 Å². The van der Waals surface area contributed by atoms with Crippen LogP contribution in [0.4, 0.5) is 0 Å². The number of amides is 2. The number of β-amino-alcohol motifs (C(OH)–C–C–N with tert-alkyl or cyclic N) is 1. The Hall–Kier alpha value is -0.900. The van der Waals surface area contributed by atoms with Gasteiger partial charge in [0.2, 0.25) is 11.8 Å². The Bertz CT molecular complexity index is 386. The van der Waals surface area contributed by atoms with Crippen LogP contribution in [0.25, 0.3) is 0 Å². The van der Waals surface area contributed by atoms with Crippen LogP contribution in [-0.4, -0.2) is 34.0 Å². The number of fused-ring (bicyclic) bond motifs is 2. The van der Waals surface area contributed by atoms with Gasteiger partial charge in [-0.1, -0.05) is 19.8 Å². The van der Waals surface area contributed by atoms with E-state index in [1.807, 2.05) is 0 Å². The molecule has 1 N–H and O–H groups in total. The van der Waals surface area contributed by atoms with Crippen molar-refractivity contribution in [2.24, 2.45) is 17.8 Å². The first-order valence-corrected chi connectivity index (χ1v) is 7.56. The number of aliphatic hydroxyl groups is 1. The van der Waals surface area contributed by atoms with Crippen LogP contribution in [0.3, 0.4) is 0 Å². The smallest absolute Gasteiger partial charge is 0.232 e. The number of rotatable bonds is 2. The van der Waals surface area contributed by atoms with E-state index < -0.39 is 5.60 Å². The molecule has 0 spiro atoms.